The molecule has 2 aromatic heterocycles. The molecule has 1 N–H and O–H groups in total. The Hall–Kier alpha value is -1.35. The van der Waals surface area contributed by atoms with E-state index in [0.29, 0.717) is 5.88 Å². The highest BCUT2D eigenvalue weighted by molar-refractivity contribution is 6.16. The predicted molar refractivity (Wildman–Crippen MR) is 60.8 cm³/mol. The minimum Gasteiger partial charge on any atom is -0.340 e. The van der Waals surface area contributed by atoms with E-state index in [0.717, 1.165) is 28.3 Å². The number of aryl methyl sites for hydroxylation is 2. The van der Waals surface area contributed by atoms with Crippen LogP contribution < -0.4 is 0 Å². The van der Waals surface area contributed by atoms with E-state index in [1.54, 1.807) is 6.20 Å². The number of nitrogens with zero attached hydrogens (tertiary/aromatic N) is 2. The molecule has 3 nitrogen and oxygen atoms in total. The lowest BCUT2D eigenvalue weighted by Gasteiger charge is -2.02. The summed E-state index contributed by atoms with van der Waals surface area (Å²) in [6, 6.07) is 2.09. The second-order valence-electron chi connectivity index (χ2n) is 3.57. The fourth-order valence-electron chi connectivity index (χ4n) is 1.51. The van der Waals surface area contributed by atoms with Crippen LogP contribution in [-0.4, -0.2) is 15.0 Å². The predicted octanol–water partition coefficient (Wildman–Crippen LogP) is 2.83. The quantitative estimate of drug-likeness (QED) is 0.793. The molecule has 4 heteroatoms. The van der Waals surface area contributed by atoms with Crippen LogP contribution in [0.25, 0.3) is 11.5 Å². The van der Waals surface area contributed by atoms with Crippen molar-refractivity contribution in [2.75, 3.05) is 0 Å². The Morgan fingerprint density at radius 3 is 2.67 bits per heavy atom. The molecular weight excluding hydrogens is 210 g/mol. The molecule has 0 aromatic carbocycles. The Balaban J connectivity index is 2.44. The van der Waals surface area contributed by atoms with Crippen molar-refractivity contribution in [1.82, 2.24) is 15.0 Å². The highest BCUT2D eigenvalue weighted by Crippen LogP contribution is 2.18. The summed E-state index contributed by atoms with van der Waals surface area (Å²) in [6.07, 6.45) is 3.58. The smallest absolute Gasteiger partial charge is 0.156 e. The van der Waals surface area contributed by atoms with Gasteiger partial charge in [0.1, 0.15) is 5.69 Å². The molecule has 0 aliphatic rings. The van der Waals surface area contributed by atoms with E-state index in [4.69, 9.17) is 11.6 Å². The number of pyridine rings is 1. The van der Waals surface area contributed by atoms with Gasteiger partial charge >= 0.3 is 0 Å². The Kier molecular flexibility index (Phi) is 2.73. The van der Waals surface area contributed by atoms with Crippen LogP contribution >= 0.6 is 11.6 Å². The van der Waals surface area contributed by atoms with Crippen LogP contribution in [0.1, 0.15) is 16.8 Å². The van der Waals surface area contributed by atoms with Crippen molar-refractivity contribution in [3.05, 3.63) is 35.3 Å². The van der Waals surface area contributed by atoms with Gasteiger partial charge in [0.25, 0.3) is 0 Å². The molecule has 0 aliphatic carbocycles. The van der Waals surface area contributed by atoms with Crippen LogP contribution in [0.4, 0.5) is 0 Å². The zero-order chi connectivity index (χ0) is 10.8. The Morgan fingerprint density at radius 2 is 2.07 bits per heavy atom. The maximum atomic E-state index is 5.70. The average molecular weight is 222 g/mol. The first-order valence-electron chi connectivity index (χ1n) is 4.74. The monoisotopic (exact) mass is 221 g/mol. The van der Waals surface area contributed by atoms with Crippen molar-refractivity contribution in [2.45, 2.75) is 19.7 Å². The summed E-state index contributed by atoms with van der Waals surface area (Å²) in [5.74, 6) is 1.22. The number of aromatic nitrogens is 3. The molecule has 2 heterocycles. The van der Waals surface area contributed by atoms with Gasteiger partial charge in [-0.05, 0) is 25.0 Å². The molecule has 0 aliphatic heterocycles. The first-order valence-corrected chi connectivity index (χ1v) is 5.27. The summed E-state index contributed by atoms with van der Waals surface area (Å²) in [6.45, 7) is 4.05. The van der Waals surface area contributed by atoms with Crippen LogP contribution in [0.3, 0.4) is 0 Å². The molecule has 0 amide bonds. The van der Waals surface area contributed by atoms with Crippen LogP contribution in [0.15, 0.2) is 18.5 Å². The van der Waals surface area contributed by atoms with Gasteiger partial charge in [-0.2, -0.15) is 0 Å². The molecule has 78 valence electrons. The number of imidazole rings is 1. The second kappa shape index (κ2) is 4.03. The van der Waals surface area contributed by atoms with E-state index in [9.17, 15) is 0 Å². The average Bonchev–Trinajstić information content (AvgIpc) is 2.66. The van der Waals surface area contributed by atoms with Crippen molar-refractivity contribution < 1.29 is 0 Å². The Labute approximate surface area is 93.5 Å². The molecule has 0 unspecified atom stereocenters. The SMILES string of the molecule is Cc1cnc(-c2ncc(CCl)[nH]2)c(C)c1. The summed E-state index contributed by atoms with van der Waals surface area (Å²) in [7, 11) is 0. The van der Waals surface area contributed by atoms with Gasteiger partial charge < -0.3 is 4.98 Å². The third kappa shape index (κ3) is 2.02. The normalized spacial score (nSPS) is 10.6. The first kappa shape index (κ1) is 10.2. The lowest BCUT2D eigenvalue weighted by molar-refractivity contribution is 1.15. The molecule has 0 saturated heterocycles. The number of hydrogen-bond donors (Lipinski definition) is 1. The molecule has 0 saturated carbocycles. The van der Waals surface area contributed by atoms with E-state index in [1.807, 2.05) is 20.0 Å². The van der Waals surface area contributed by atoms with Crippen LogP contribution in [-0.2, 0) is 5.88 Å². The number of rotatable bonds is 2. The van der Waals surface area contributed by atoms with Crippen LogP contribution in [0.5, 0.6) is 0 Å². The van der Waals surface area contributed by atoms with Crippen LogP contribution in [0.2, 0.25) is 0 Å². The molecule has 0 radical (unpaired) electrons. The highest BCUT2D eigenvalue weighted by atomic mass is 35.5. The number of nitrogens with one attached hydrogen (secondary N) is 1. The van der Waals surface area contributed by atoms with Gasteiger partial charge in [0.05, 0.1) is 5.88 Å². The third-order valence-corrected chi connectivity index (χ3v) is 2.50. The zero-order valence-electron chi connectivity index (χ0n) is 8.71. The van der Waals surface area contributed by atoms with Crippen molar-refractivity contribution >= 4 is 11.6 Å². The molecular formula is C11H12ClN3. The van der Waals surface area contributed by atoms with E-state index in [1.165, 1.54) is 0 Å². The van der Waals surface area contributed by atoms with Gasteiger partial charge in [0, 0.05) is 18.1 Å². The zero-order valence-corrected chi connectivity index (χ0v) is 9.47. The maximum Gasteiger partial charge on any atom is 0.156 e. The number of alkyl halides is 1. The summed E-state index contributed by atoms with van der Waals surface area (Å²) < 4.78 is 0. The topological polar surface area (TPSA) is 41.6 Å². The summed E-state index contributed by atoms with van der Waals surface area (Å²) in [4.78, 5) is 11.7. The van der Waals surface area contributed by atoms with E-state index in [-0.39, 0.29) is 0 Å². The lowest BCUT2D eigenvalue weighted by Crippen LogP contribution is -1.91. The minimum atomic E-state index is 0.442. The third-order valence-electron chi connectivity index (χ3n) is 2.21. The lowest BCUT2D eigenvalue weighted by atomic mass is 10.1. The van der Waals surface area contributed by atoms with Gasteiger partial charge in [0.15, 0.2) is 5.82 Å². The van der Waals surface area contributed by atoms with Gasteiger partial charge in [-0.15, -0.1) is 11.6 Å². The fraction of sp³-hybridized carbons (Fsp3) is 0.273. The second-order valence-corrected chi connectivity index (χ2v) is 3.84. The fourth-order valence-corrected chi connectivity index (χ4v) is 1.65. The first-order chi connectivity index (χ1) is 7.20. The van der Waals surface area contributed by atoms with Crippen molar-refractivity contribution in [1.29, 1.82) is 0 Å². The van der Waals surface area contributed by atoms with Gasteiger partial charge in [-0.1, -0.05) is 6.07 Å². The molecule has 2 aromatic rings. The van der Waals surface area contributed by atoms with Crippen molar-refractivity contribution in [3.8, 4) is 11.5 Å². The summed E-state index contributed by atoms with van der Waals surface area (Å²) in [5, 5.41) is 0. The summed E-state index contributed by atoms with van der Waals surface area (Å²) >= 11 is 5.70. The number of halogens is 1. The van der Waals surface area contributed by atoms with Crippen molar-refractivity contribution in [3.63, 3.8) is 0 Å². The van der Waals surface area contributed by atoms with E-state index < -0.39 is 0 Å². The van der Waals surface area contributed by atoms with Crippen LogP contribution in [0, 0.1) is 13.8 Å². The van der Waals surface area contributed by atoms with Gasteiger partial charge in [0.2, 0.25) is 0 Å². The molecule has 0 spiro atoms. The maximum absolute atomic E-state index is 5.70. The molecule has 15 heavy (non-hydrogen) atoms. The molecule has 0 fully saturated rings. The standard InChI is InChI=1S/C11H12ClN3/c1-7-3-8(2)10(13-5-7)11-14-6-9(4-12)15-11/h3,5-6H,4H2,1-2H3,(H,14,15). The molecule has 2 rings (SSSR count). The number of hydrogen-bond acceptors (Lipinski definition) is 2. The van der Waals surface area contributed by atoms with Crippen molar-refractivity contribution in [2.24, 2.45) is 0 Å². The Morgan fingerprint density at radius 1 is 1.27 bits per heavy atom. The minimum absolute atomic E-state index is 0.442. The van der Waals surface area contributed by atoms with E-state index in [2.05, 4.69) is 21.0 Å². The largest absolute Gasteiger partial charge is 0.340 e. The number of H-pyrrole nitrogens is 1. The molecule has 0 bridgehead atoms. The highest BCUT2D eigenvalue weighted by Gasteiger charge is 2.07. The Bertz CT molecular complexity index is 476. The number of aromatic amines is 1. The summed E-state index contributed by atoms with van der Waals surface area (Å²) in [5.41, 5.74) is 4.07. The van der Waals surface area contributed by atoms with Gasteiger partial charge in [-0.25, -0.2) is 4.98 Å². The van der Waals surface area contributed by atoms with E-state index >= 15 is 0 Å². The van der Waals surface area contributed by atoms with Gasteiger partial charge in [-0.3, -0.25) is 4.98 Å². The molecule has 0 atom stereocenters.